The lowest BCUT2D eigenvalue weighted by Gasteiger charge is -2.34. The molecule has 8 nitrogen and oxygen atoms in total. The van der Waals surface area contributed by atoms with Gasteiger partial charge >= 0.3 is 5.97 Å². The minimum absolute atomic E-state index is 0.0641. The van der Waals surface area contributed by atoms with Crippen LogP contribution in [0, 0.1) is 0 Å². The standard InChI is InChI=1S/C25H30ClN3O5/c26-22-4-1-19(2-5-22)16-27-7-9-29(10-8-27)24(30)18-34-23-6-3-20(25(31)32)15-21(23)17-28-11-13-33-14-12-28/h1-6,15H,7-14,16-18H2,(H,31,32). The first kappa shape index (κ1) is 24.5. The summed E-state index contributed by atoms with van der Waals surface area (Å²) in [6.45, 7) is 7.05. The third-order valence-electron chi connectivity index (χ3n) is 6.20. The van der Waals surface area contributed by atoms with Gasteiger partial charge in [-0.3, -0.25) is 14.6 Å². The van der Waals surface area contributed by atoms with Gasteiger partial charge in [-0.15, -0.1) is 0 Å². The predicted octanol–water partition coefficient (Wildman–Crippen LogP) is 2.59. The molecule has 0 aliphatic carbocycles. The van der Waals surface area contributed by atoms with E-state index in [1.54, 1.807) is 12.1 Å². The van der Waals surface area contributed by atoms with Gasteiger partial charge < -0.3 is 19.5 Å². The summed E-state index contributed by atoms with van der Waals surface area (Å²) in [5.41, 5.74) is 2.17. The Morgan fingerprint density at radius 3 is 2.26 bits per heavy atom. The number of hydrogen-bond acceptors (Lipinski definition) is 6. The minimum atomic E-state index is -0.984. The fraction of sp³-hybridized carbons (Fsp3) is 0.440. The van der Waals surface area contributed by atoms with E-state index in [1.807, 2.05) is 29.2 Å². The highest BCUT2D eigenvalue weighted by Crippen LogP contribution is 2.23. The van der Waals surface area contributed by atoms with Gasteiger partial charge in [0.1, 0.15) is 5.75 Å². The highest BCUT2D eigenvalue weighted by molar-refractivity contribution is 6.30. The van der Waals surface area contributed by atoms with Crippen molar-refractivity contribution in [1.29, 1.82) is 0 Å². The molecule has 0 spiro atoms. The minimum Gasteiger partial charge on any atom is -0.483 e. The molecule has 2 aliphatic rings. The molecule has 0 aromatic heterocycles. The third kappa shape index (κ3) is 6.70. The number of benzene rings is 2. The molecule has 2 aliphatic heterocycles. The fourth-order valence-electron chi connectivity index (χ4n) is 4.21. The van der Waals surface area contributed by atoms with Gasteiger partial charge in [0.25, 0.3) is 5.91 Å². The summed E-state index contributed by atoms with van der Waals surface area (Å²) in [5, 5.41) is 10.1. The summed E-state index contributed by atoms with van der Waals surface area (Å²) in [6, 6.07) is 12.6. The fourth-order valence-corrected chi connectivity index (χ4v) is 4.34. The van der Waals surface area contributed by atoms with Crippen molar-refractivity contribution in [1.82, 2.24) is 14.7 Å². The highest BCUT2D eigenvalue weighted by atomic mass is 35.5. The average molecular weight is 488 g/mol. The van der Waals surface area contributed by atoms with Crippen molar-refractivity contribution in [2.45, 2.75) is 13.1 Å². The molecule has 0 unspecified atom stereocenters. The van der Waals surface area contributed by atoms with Crippen LogP contribution in [0.4, 0.5) is 0 Å². The van der Waals surface area contributed by atoms with E-state index in [4.69, 9.17) is 21.1 Å². The molecule has 9 heteroatoms. The molecule has 1 N–H and O–H groups in total. The van der Waals surface area contributed by atoms with Crippen molar-refractivity contribution >= 4 is 23.5 Å². The van der Waals surface area contributed by atoms with Gasteiger partial charge in [0.2, 0.25) is 0 Å². The Labute approximate surface area is 204 Å². The van der Waals surface area contributed by atoms with Gasteiger partial charge in [0.15, 0.2) is 6.61 Å². The van der Waals surface area contributed by atoms with Crippen LogP contribution in [0.5, 0.6) is 5.75 Å². The van der Waals surface area contributed by atoms with Crippen molar-refractivity contribution in [3.8, 4) is 5.75 Å². The molecule has 0 bridgehead atoms. The zero-order chi connectivity index (χ0) is 23.9. The molecule has 2 aromatic rings. The van der Waals surface area contributed by atoms with Crippen LogP contribution in [0.25, 0.3) is 0 Å². The maximum Gasteiger partial charge on any atom is 0.335 e. The Morgan fingerprint density at radius 1 is 0.912 bits per heavy atom. The molecule has 0 saturated carbocycles. The highest BCUT2D eigenvalue weighted by Gasteiger charge is 2.22. The van der Waals surface area contributed by atoms with E-state index in [1.165, 1.54) is 11.6 Å². The van der Waals surface area contributed by atoms with Gasteiger partial charge in [-0.25, -0.2) is 4.79 Å². The first-order chi connectivity index (χ1) is 16.5. The number of rotatable bonds is 8. The SMILES string of the molecule is O=C(O)c1ccc(OCC(=O)N2CCN(Cc3ccc(Cl)cc3)CC2)c(CN2CCOCC2)c1. The molecule has 182 valence electrons. The van der Waals surface area contributed by atoms with Crippen molar-refractivity contribution in [2.24, 2.45) is 0 Å². The van der Waals surface area contributed by atoms with Crippen LogP contribution < -0.4 is 4.74 Å². The molecule has 0 atom stereocenters. The van der Waals surface area contributed by atoms with Gasteiger partial charge in [-0.05, 0) is 35.9 Å². The second-order valence-electron chi connectivity index (χ2n) is 8.59. The number of carboxylic acids is 1. The molecule has 1 amide bonds. The van der Waals surface area contributed by atoms with E-state index in [-0.39, 0.29) is 18.1 Å². The smallest absolute Gasteiger partial charge is 0.335 e. The summed E-state index contributed by atoms with van der Waals surface area (Å²) >= 11 is 5.96. The number of ether oxygens (including phenoxy) is 2. The number of hydrogen-bond donors (Lipinski definition) is 1. The number of nitrogens with zero attached hydrogens (tertiary/aromatic N) is 3. The molecule has 34 heavy (non-hydrogen) atoms. The van der Waals surface area contributed by atoms with Gasteiger partial charge in [0.05, 0.1) is 18.8 Å². The molecule has 2 heterocycles. The van der Waals surface area contributed by atoms with Crippen molar-refractivity contribution in [3.63, 3.8) is 0 Å². The second-order valence-corrected chi connectivity index (χ2v) is 9.02. The van der Waals surface area contributed by atoms with Crippen LogP contribution in [0.15, 0.2) is 42.5 Å². The normalized spacial score (nSPS) is 17.5. The molecule has 2 aromatic carbocycles. The van der Waals surface area contributed by atoms with Gasteiger partial charge in [-0.1, -0.05) is 23.7 Å². The van der Waals surface area contributed by atoms with E-state index in [2.05, 4.69) is 9.80 Å². The Balaban J connectivity index is 1.30. The largest absolute Gasteiger partial charge is 0.483 e. The van der Waals surface area contributed by atoms with Crippen molar-refractivity contribution in [2.75, 3.05) is 59.1 Å². The Hall–Kier alpha value is -2.65. The van der Waals surface area contributed by atoms with E-state index >= 15 is 0 Å². The molecule has 4 rings (SSSR count). The number of amides is 1. The maximum atomic E-state index is 12.8. The van der Waals surface area contributed by atoms with Crippen LogP contribution in [0.1, 0.15) is 21.5 Å². The summed E-state index contributed by atoms with van der Waals surface area (Å²) in [5.74, 6) is -0.501. The van der Waals surface area contributed by atoms with Crippen LogP contribution >= 0.6 is 11.6 Å². The number of piperazine rings is 1. The number of carbonyl (C=O) groups is 2. The molecule has 0 radical (unpaired) electrons. The van der Waals surface area contributed by atoms with Crippen LogP contribution in [0.3, 0.4) is 0 Å². The Morgan fingerprint density at radius 2 is 1.59 bits per heavy atom. The van der Waals surface area contributed by atoms with Crippen LogP contribution in [-0.2, 0) is 22.6 Å². The van der Waals surface area contributed by atoms with E-state index in [9.17, 15) is 14.7 Å². The van der Waals surface area contributed by atoms with Crippen LogP contribution in [-0.4, -0.2) is 90.8 Å². The number of carbonyl (C=O) groups excluding carboxylic acids is 1. The van der Waals surface area contributed by atoms with Gasteiger partial charge in [0, 0.05) is 62.9 Å². The third-order valence-corrected chi connectivity index (χ3v) is 6.45. The van der Waals surface area contributed by atoms with Crippen LogP contribution in [0.2, 0.25) is 5.02 Å². The summed E-state index contributed by atoms with van der Waals surface area (Å²) in [4.78, 5) is 30.6. The summed E-state index contributed by atoms with van der Waals surface area (Å²) in [7, 11) is 0. The molecular weight excluding hydrogens is 458 g/mol. The maximum absolute atomic E-state index is 12.8. The van der Waals surface area contributed by atoms with E-state index in [0.29, 0.717) is 38.6 Å². The Kier molecular flexibility index (Phi) is 8.39. The summed E-state index contributed by atoms with van der Waals surface area (Å²) < 4.78 is 11.3. The molecule has 2 saturated heterocycles. The van der Waals surface area contributed by atoms with E-state index < -0.39 is 5.97 Å². The first-order valence-electron chi connectivity index (χ1n) is 11.5. The lowest BCUT2D eigenvalue weighted by atomic mass is 10.1. The van der Waals surface area contributed by atoms with Gasteiger partial charge in [-0.2, -0.15) is 0 Å². The lowest BCUT2D eigenvalue weighted by Crippen LogP contribution is -2.49. The second kappa shape index (κ2) is 11.7. The quantitative estimate of drug-likeness (QED) is 0.612. The monoisotopic (exact) mass is 487 g/mol. The average Bonchev–Trinajstić information content (AvgIpc) is 2.85. The Bertz CT molecular complexity index is 987. The zero-order valence-electron chi connectivity index (χ0n) is 19.1. The zero-order valence-corrected chi connectivity index (χ0v) is 19.9. The molecule has 2 fully saturated rings. The number of morpholine rings is 1. The van der Waals surface area contributed by atoms with Crippen molar-refractivity contribution in [3.05, 3.63) is 64.2 Å². The number of halogens is 1. The van der Waals surface area contributed by atoms with Crippen molar-refractivity contribution < 1.29 is 24.2 Å². The van der Waals surface area contributed by atoms with E-state index in [0.717, 1.165) is 43.3 Å². The lowest BCUT2D eigenvalue weighted by molar-refractivity contribution is -0.135. The number of carboxylic acid groups (broad SMARTS) is 1. The topological polar surface area (TPSA) is 82.5 Å². The predicted molar refractivity (Wildman–Crippen MR) is 128 cm³/mol. The first-order valence-corrected chi connectivity index (χ1v) is 11.9. The number of aromatic carboxylic acids is 1. The summed E-state index contributed by atoms with van der Waals surface area (Å²) in [6.07, 6.45) is 0. The molecular formula is C25H30ClN3O5.